The molecule has 0 radical (unpaired) electrons. The number of hydrogen-bond acceptors (Lipinski definition) is 2. The minimum absolute atomic E-state index is 0. The third-order valence-electron chi connectivity index (χ3n) is 4.48. The molecule has 0 aliphatic carbocycles. The Morgan fingerprint density at radius 3 is 1.67 bits per heavy atom. The van der Waals surface area contributed by atoms with Crippen molar-refractivity contribution in [2.75, 3.05) is 11.9 Å². The van der Waals surface area contributed by atoms with E-state index in [-0.39, 0.29) is 12.4 Å². The number of hydrogen-bond donors (Lipinski definition) is 0. The average molecular weight is 339 g/mol. The lowest BCUT2D eigenvalue weighted by Gasteiger charge is -2.34. The molecule has 0 amide bonds. The summed E-state index contributed by atoms with van der Waals surface area (Å²) in [5.41, 5.74) is 3.86. The lowest BCUT2D eigenvalue weighted by atomic mass is 9.85. The van der Waals surface area contributed by atoms with E-state index in [4.69, 9.17) is 0 Å². The summed E-state index contributed by atoms with van der Waals surface area (Å²) in [5.74, 6) is 0.315. The van der Waals surface area contributed by atoms with E-state index in [9.17, 15) is 0 Å². The number of halogens is 1. The van der Waals surface area contributed by atoms with Crippen molar-refractivity contribution in [2.45, 2.75) is 18.9 Å². The molecule has 1 aromatic heterocycles. The summed E-state index contributed by atoms with van der Waals surface area (Å²) in [6, 6.07) is 25.9. The molecule has 0 saturated heterocycles. The van der Waals surface area contributed by atoms with Crippen molar-refractivity contribution in [2.24, 2.45) is 0 Å². The standard InChI is InChI=1S/C21H22N2.ClH/c1-17(23(2)20-13-15-22-16-14-20)21(18-9-5-3-6-10-18)19-11-7-4-8-12-19;/h3-17,21H,1-2H3;1H. The summed E-state index contributed by atoms with van der Waals surface area (Å²) in [4.78, 5) is 6.45. The summed E-state index contributed by atoms with van der Waals surface area (Å²) in [6.07, 6.45) is 3.69. The monoisotopic (exact) mass is 338 g/mol. The van der Waals surface area contributed by atoms with Gasteiger partial charge in [0.05, 0.1) is 0 Å². The van der Waals surface area contributed by atoms with Crippen LogP contribution in [0.3, 0.4) is 0 Å². The Bertz CT molecular complexity index is 677. The Labute approximate surface area is 150 Å². The Hall–Kier alpha value is -2.32. The molecular formula is C21H23ClN2. The zero-order chi connectivity index (χ0) is 16.1. The fourth-order valence-corrected chi connectivity index (χ4v) is 3.11. The van der Waals surface area contributed by atoms with Gasteiger partial charge in [-0.05, 0) is 30.2 Å². The van der Waals surface area contributed by atoms with E-state index in [1.807, 2.05) is 12.4 Å². The third kappa shape index (κ3) is 3.95. The van der Waals surface area contributed by atoms with Crippen LogP contribution in [0.4, 0.5) is 5.69 Å². The number of nitrogens with zero attached hydrogens (tertiary/aromatic N) is 2. The lowest BCUT2D eigenvalue weighted by molar-refractivity contribution is 0.607. The molecule has 124 valence electrons. The molecule has 0 aliphatic rings. The topological polar surface area (TPSA) is 16.1 Å². The first-order chi connectivity index (χ1) is 11.3. The molecule has 2 nitrogen and oxygen atoms in total. The van der Waals surface area contributed by atoms with Crippen molar-refractivity contribution < 1.29 is 0 Å². The van der Waals surface area contributed by atoms with Gasteiger partial charge in [0.1, 0.15) is 0 Å². The smallest absolute Gasteiger partial charge is 0.0397 e. The molecule has 1 heterocycles. The highest BCUT2D eigenvalue weighted by Crippen LogP contribution is 2.32. The first kappa shape index (κ1) is 18.0. The maximum absolute atomic E-state index is 4.12. The highest BCUT2D eigenvalue weighted by molar-refractivity contribution is 5.85. The normalized spacial score (nSPS) is 11.6. The molecule has 3 aromatic rings. The Morgan fingerprint density at radius 2 is 1.21 bits per heavy atom. The molecule has 2 aromatic carbocycles. The predicted molar refractivity (Wildman–Crippen MR) is 104 cm³/mol. The Kier molecular flexibility index (Phi) is 6.39. The average Bonchev–Trinajstić information content (AvgIpc) is 2.64. The highest BCUT2D eigenvalue weighted by Gasteiger charge is 2.24. The van der Waals surface area contributed by atoms with Crippen LogP contribution in [0.5, 0.6) is 0 Å². The van der Waals surface area contributed by atoms with Crippen LogP contribution in [0.2, 0.25) is 0 Å². The molecule has 0 aliphatic heterocycles. The third-order valence-corrected chi connectivity index (χ3v) is 4.48. The van der Waals surface area contributed by atoms with Gasteiger partial charge in [0.15, 0.2) is 0 Å². The number of rotatable bonds is 5. The quantitative estimate of drug-likeness (QED) is 0.638. The van der Waals surface area contributed by atoms with Gasteiger partial charge in [-0.15, -0.1) is 12.4 Å². The highest BCUT2D eigenvalue weighted by atomic mass is 35.5. The van der Waals surface area contributed by atoms with Crippen molar-refractivity contribution in [1.29, 1.82) is 0 Å². The minimum Gasteiger partial charge on any atom is -0.371 e. The van der Waals surface area contributed by atoms with Crippen LogP contribution in [-0.4, -0.2) is 18.1 Å². The number of anilines is 1. The second-order valence-electron chi connectivity index (χ2n) is 5.86. The summed E-state index contributed by atoms with van der Waals surface area (Å²) in [5, 5.41) is 0. The number of likely N-dealkylation sites (N-methyl/N-ethyl adjacent to an activating group) is 1. The molecule has 3 rings (SSSR count). The van der Waals surface area contributed by atoms with Gasteiger partial charge in [-0.25, -0.2) is 0 Å². The fraction of sp³-hybridized carbons (Fsp3) is 0.190. The van der Waals surface area contributed by atoms with Crippen LogP contribution in [0, 0.1) is 0 Å². The van der Waals surface area contributed by atoms with Crippen molar-refractivity contribution in [1.82, 2.24) is 4.98 Å². The van der Waals surface area contributed by atoms with Crippen LogP contribution < -0.4 is 4.90 Å². The Morgan fingerprint density at radius 1 is 0.750 bits per heavy atom. The first-order valence-corrected chi connectivity index (χ1v) is 8.00. The summed E-state index contributed by atoms with van der Waals surface area (Å²) < 4.78 is 0. The van der Waals surface area contributed by atoms with Gasteiger partial charge in [0, 0.05) is 37.1 Å². The van der Waals surface area contributed by atoms with Gasteiger partial charge in [0.2, 0.25) is 0 Å². The van der Waals surface area contributed by atoms with Gasteiger partial charge >= 0.3 is 0 Å². The summed E-state index contributed by atoms with van der Waals surface area (Å²) >= 11 is 0. The first-order valence-electron chi connectivity index (χ1n) is 8.00. The maximum atomic E-state index is 4.12. The van der Waals surface area contributed by atoms with Crippen molar-refractivity contribution in [3.8, 4) is 0 Å². The summed E-state index contributed by atoms with van der Waals surface area (Å²) in [7, 11) is 2.15. The molecule has 0 fully saturated rings. The molecule has 1 atom stereocenters. The molecule has 3 heteroatoms. The molecule has 0 bridgehead atoms. The zero-order valence-corrected chi connectivity index (χ0v) is 14.9. The molecule has 0 saturated carbocycles. The molecule has 0 spiro atoms. The second kappa shape index (κ2) is 8.51. The van der Waals surface area contributed by atoms with E-state index >= 15 is 0 Å². The number of aromatic nitrogens is 1. The maximum Gasteiger partial charge on any atom is 0.0397 e. The van der Waals surface area contributed by atoms with Crippen LogP contribution in [-0.2, 0) is 0 Å². The van der Waals surface area contributed by atoms with E-state index in [1.165, 1.54) is 16.8 Å². The van der Waals surface area contributed by atoms with Gasteiger partial charge in [-0.2, -0.15) is 0 Å². The van der Waals surface area contributed by atoms with E-state index in [2.05, 4.69) is 96.7 Å². The van der Waals surface area contributed by atoms with Gasteiger partial charge < -0.3 is 4.90 Å². The van der Waals surface area contributed by atoms with Crippen molar-refractivity contribution >= 4 is 18.1 Å². The predicted octanol–water partition coefficient (Wildman–Crippen LogP) is 5.16. The fourth-order valence-electron chi connectivity index (χ4n) is 3.11. The van der Waals surface area contributed by atoms with Crippen molar-refractivity contribution in [3.63, 3.8) is 0 Å². The molecular weight excluding hydrogens is 316 g/mol. The van der Waals surface area contributed by atoms with Gasteiger partial charge in [-0.1, -0.05) is 60.7 Å². The van der Waals surface area contributed by atoms with Gasteiger partial charge in [-0.3, -0.25) is 4.98 Å². The lowest BCUT2D eigenvalue weighted by Crippen LogP contribution is -2.35. The van der Waals surface area contributed by atoms with E-state index in [1.54, 1.807) is 0 Å². The van der Waals surface area contributed by atoms with Crippen LogP contribution in [0.15, 0.2) is 85.2 Å². The minimum atomic E-state index is 0. The number of pyridine rings is 1. The zero-order valence-electron chi connectivity index (χ0n) is 14.0. The molecule has 0 N–H and O–H groups in total. The molecule has 24 heavy (non-hydrogen) atoms. The van der Waals surface area contributed by atoms with Crippen LogP contribution in [0.1, 0.15) is 24.0 Å². The van der Waals surface area contributed by atoms with E-state index in [0.717, 1.165) is 0 Å². The van der Waals surface area contributed by atoms with Crippen LogP contribution in [0.25, 0.3) is 0 Å². The van der Waals surface area contributed by atoms with Gasteiger partial charge in [0.25, 0.3) is 0 Å². The summed E-state index contributed by atoms with van der Waals surface area (Å²) in [6.45, 7) is 2.28. The van der Waals surface area contributed by atoms with Crippen molar-refractivity contribution in [3.05, 3.63) is 96.3 Å². The molecule has 1 unspecified atom stereocenters. The van der Waals surface area contributed by atoms with E-state index < -0.39 is 0 Å². The number of benzene rings is 2. The largest absolute Gasteiger partial charge is 0.371 e. The Balaban J connectivity index is 0.00000208. The second-order valence-corrected chi connectivity index (χ2v) is 5.86. The SMILES string of the molecule is CC(C(c1ccccc1)c1ccccc1)N(C)c1ccncc1.Cl. The van der Waals surface area contributed by atoms with Crippen LogP contribution >= 0.6 is 12.4 Å². The van der Waals surface area contributed by atoms with E-state index in [0.29, 0.717) is 12.0 Å².